The highest BCUT2D eigenvalue weighted by Crippen LogP contribution is 2.25. The Bertz CT molecular complexity index is 695. The molecule has 0 bridgehead atoms. The van der Waals surface area contributed by atoms with Crippen molar-refractivity contribution in [1.82, 2.24) is 15.1 Å². The van der Waals surface area contributed by atoms with Gasteiger partial charge in [0, 0.05) is 44.0 Å². The smallest absolute Gasteiger partial charge is 0.220 e. The van der Waals surface area contributed by atoms with Crippen LogP contribution in [-0.2, 0) is 11.2 Å². The zero-order valence-electron chi connectivity index (χ0n) is 16.2. The van der Waals surface area contributed by atoms with Gasteiger partial charge < -0.3 is 15.0 Å². The summed E-state index contributed by atoms with van der Waals surface area (Å²) < 4.78 is 5.17. The minimum atomic E-state index is 0.113. The zero-order chi connectivity index (χ0) is 19.1. The van der Waals surface area contributed by atoms with Crippen molar-refractivity contribution in [2.45, 2.75) is 18.9 Å². The molecule has 3 rings (SSSR count). The summed E-state index contributed by atoms with van der Waals surface area (Å²) in [5.74, 6) is 0.954. The van der Waals surface area contributed by atoms with E-state index in [2.05, 4.69) is 39.7 Å². The van der Waals surface area contributed by atoms with Gasteiger partial charge in [-0.3, -0.25) is 9.69 Å². The number of methoxy groups -OCH3 is 1. The summed E-state index contributed by atoms with van der Waals surface area (Å²) in [6, 6.07) is 12.4. The van der Waals surface area contributed by atoms with Gasteiger partial charge in [-0.15, -0.1) is 11.3 Å². The van der Waals surface area contributed by atoms with E-state index in [1.165, 1.54) is 4.88 Å². The second-order valence-corrected chi connectivity index (χ2v) is 8.00. The van der Waals surface area contributed by atoms with Crippen molar-refractivity contribution in [2.75, 3.05) is 46.9 Å². The molecule has 1 saturated heterocycles. The summed E-state index contributed by atoms with van der Waals surface area (Å²) in [5, 5.41) is 5.28. The zero-order valence-corrected chi connectivity index (χ0v) is 17.0. The van der Waals surface area contributed by atoms with Crippen LogP contribution in [0.25, 0.3) is 0 Å². The van der Waals surface area contributed by atoms with Crippen LogP contribution in [0, 0.1) is 0 Å². The van der Waals surface area contributed by atoms with Gasteiger partial charge in [0.05, 0.1) is 13.2 Å². The van der Waals surface area contributed by atoms with E-state index >= 15 is 0 Å². The summed E-state index contributed by atoms with van der Waals surface area (Å²) in [4.78, 5) is 18.6. The molecule has 1 aliphatic heterocycles. The molecular weight excluding hydrogens is 358 g/mol. The number of hydrogen-bond donors (Lipinski definition) is 1. The third-order valence-corrected chi connectivity index (χ3v) is 6.12. The SMILES string of the molecule is COc1ccc(CCC(=O)NC[C@H](c2cccs2)N2CCN(C)CC2)cc1. The van der Waals surface area contributed by atoms with E-state index in [-0.39, 0.29) is 11.9 Å². The first-order chi connectivity index (χ1) is 13.2. The quantitative estimate of drug-likeness (QED) is 0.757. The van der Waals surface area contributed by atoms with E-state index in [4.69, 9.17) is 4.74 Å². The molecule has 146 valence electrons. The van der Waals surface area contributed by atoms with Crippen molar-refractivity contribution in [1.29, 1.82) is 0 Å². The van der Waals surface area contributed by atoms with Gasteiger partial charge in [0.25, 0.3) is 0 Å². The second-order valence-electron chi connectivity index (χ2n) is 7.02. The van der Waals surface area contributed by atoms with Crippen LogP contribution in [-0.4, -0.2) is 62.6 Å². The lowest BCUT2D eigenvalue weighted by Gasteiger charge is -2.37. The summed E-state index contributed by atoms with van der Waals surface area (Å²) in [7, 11) is 3.82. The molecule has 0 spiro atoms. The first kappa shape index (κ1) is 19.9. The highest BCUT2D eigenvalue weighted by molar-refractivity contribution is 7.10. The lowest BCUT2D eigenvalue weighted by molar-refractivity contribution is -0.121. The number of aryl methyl sites for hydroxylation is 1. The minimum absolute atomic E-state index is 0.113. The number of rotatable bonds is 8. The average molecular weight is 388 g/mol. The first-order valence-corrected chi connectivity index (χ1v) is 10.4. The number of nitrogens with zero attached hydrogens (tertiary/aromatic N) is 2. The fourth-order valence-electron chi connectivity index (χ4n) is 3.37. The maximum Gasteiger partial charge on any atom is 0.220 e. The number of piperazine rings is 1. The minimum Gasteiger partial charge on any atom is -0.497 e. The van der Waals surface area contributed by atoms with Crippen molar-refractivity contribution in [3.63, 3.8) is 0 Å². The second kappa shape index (κ2) is 9.88. The molecular formula is C21H29N3O2S. The van der Waals surface area contributed by atoms with Gasteiger partial charge in [-0.05, 0) is 42.6 Å². The lowest BCUT2D eigenvalue weighted by atomic mass is 10.1. The van der Waals surface area contributed by atoms with Crippen molar-refractivity contribution in [3.05, 3.63) is 52.2 Å². The molecule has 0 saturated carbocycles. The molecule has 1 atom stereocenters. The third kappa shape index (κ3) is 5.79. The maximum atomic E-state index is 12.4. The van der Waals surface area contributed by atoms with Crippen molar-refractivity contribution in [2.24, 2.45) is 0 Å². The van der Waals surface area contributed by atoms with Gasteiger partial charge >= 0.3 is 0 Å². The lowest BCUT2D eigenvalue weighted by Crippen LogP contribution is -2.48. The van der Waals surface area contributed by atoms with Gasteiger partial charge in [0.1, 0.15) is 5.75 Å². The molecule has 1 aliphatic rings. The average Bonchev–Trinajstić information content (AvgIpc) is 3.23. The van der Waals surface area contributed by atoms with E-state index in [0.29, 0.717) is 13.0 Å². The normalized spacial score (nSPS) is 16.8. The molecule has 1 amide bonds. The topological polar surface area (TPSA) is 44.8 Å². The monoisotopic (exact) mass is 387 g/mol. The van der Waals surface area contributed by atoms with E-state index in [9.17, 15) is 4.79 Å². The number of carbonyl (C=O) groups is 1. The molecule has 2 heterocycles. The largest absolute Gasteiger partial charge is 0.497 e. The number of carbonyl (C=O) groups excluding carboxylic acids is 1. The Morgan fingerprint density at radius 3 is 2.56 bits per heavy atom. The van der Waals surface area contributed by atoms with Gasteiger partial charge in [-0.1, -0.05) is 18.2 Å². The van der Waals surface area contributed by atoms with E-state index in [1.54, 1.807) is 18.4 Å². The fraction of sp³-hybridized carbons (Fsp3) is 0.476. The van der Waals surface area contributed by atoms with Gasteiger partial charge in [0.15, 0.2) is 0 Å². The summed E-state index contributed by atoms with van der Waals surface area (Å²) in [5.41, 5.74) is 1.15. The summed E-state index contributed by atoms with van der Waals surface area (Å²) in [6.45, 7) is 4.91. The van der Waals surface area contributed by atoms with Crippen LogP contribution in [0.5, 0.6) is 5.75 Å². The maximum absolute atomic E-state index is 12.4. The number of benzene rings is 1. The number of likely N-dealkylation sites (N-methyl/N-ethyl adjacent to an activating group) is 1. The van der Waals surface area contributed by atoms with Crippen molar-refractivity contribution < 1.29 is 9.53 Å². The highest BCUT2D eigenvalue weighted by Gasteiger charge is 2.25. The number of ether oxygens (including phenoxy) is 1. The van der Waals surface area contributed by atoms with Crippen LogP contribution in [0.4, 0.5) is 0 Å². The molecule has 2 aromatic rings. The fourth-order valence-corrected chi connectivity index (χ4v) is 4.23. The van der Waals surface area contributed by atoms with Crippen molar-refractivity contribution >= 4 is 17.2 Å². The van der Waals surface area contributed by atoms with E-state index < -0.39 is 0 Å². The first-order valence-electron chi connectivity index (χ1n) is 9.51. The number of amides is 1. The molecule has 1 aromatic carbocycles. The van der Waals surface area contributed by atoms with E-state index in [1.807, 2.05) is 24.3 Å². The van der Waals surface area contributed by atoms with Gasteiger partial charge in [0.2, 0.25) is 5.91 Å². The number of nitrogens with one attached hydrogen (secondary N) is 1. The van der Waals surface area contributed by atoms with Crippen LogP contribution >= 0.6 is 11.3 Å². The Kier molecular flexibility index (Phi) is 7.26. The highest BCUT2D eigenvalue weighted by atomic mass is 32.1. The molecule has 27 heavy (non-hydrogen) atoms. The molecule has 0 unspecified atom stereocenters. The van der Waals surface area contributed by atoms with Crippen LogP contribution in [0.1, 0.15) is 22.9 Å². The molecule has 5 nitrogen and oxygen atoms in total. The van der Waals surface area contributed by atoms with Crippen molar-refractivity contribution in [3.8, 4) is 5.75 Å². The Hall–Kier alpha value is -1.89. The predicted molar refractivity (Wildman–Crippen MR) is 110 cm³/mol. The Labute approximate surface area is 165 Å². The van der Waals surface area contributed by atoms with Crippen LogP contribution in [0.15, 0.2) is 41.8 Å². The number of thiophene rings is 1. The predicted octanol–water partition coefficient (Wildman–Crippen LogP) is 2.79. The van der Waals surface area contributed by atoms with Crippen LogP contribution in [0.2, 0.25) is 0 Å². The number of hydrogen-bond acceptors (Lipinski definition) is 5. The van der Waals surface area contributed by atoms with Gasteiger partial charge in [-0.2, -0.15) is 0 Å². The summed E-state index contributed by atoms with van der Waals surface area (Å²) >= 11 is 1.77. The standard InChI is InChI=1S/C21H29N3O2S/c1-23-11-13-24(14-12-23)19(20-4-3-15-27-20)16-22-21(25)10-7-17-5-8-18(26-2)9-6-17/h3-6,8-9,15,19H,7,10-14,16H2,1-2H3,(H,22,25)/t19-/m1/s1. The Morgan fingerprint density at radius 2 is 1.93 bits per heavy atom. The third-order valence-electron chi connectivity index (χ3n) is 5.14. The van der Waals surface area contributed by atoms with Gasteiger partial charge in [-0.25, -0.2) is 0 Å². The molecule has 6 heteroatoms. The van der Waals surface area contributed by atoms with E-state index in [0.717, 1.165) is 43.9 Å². The Balaban J connectivity index is 1.51. The molecule has 1 fully saturated rings. The summed E-state index contributed by atoms with van der Waals surface area (Å²) in [6.07, 6.45) is 1.25. The molecule has 1 aromatic heterocycles. The van der Waals surface area contributed by atoms with Crippen LogP contribution < -0.4 is 10.1 Å². The molecule has 1 N–H and O–H groups in total. The van der Waals surface area contributed by atoms with Crippen LogP contribution in [0.3, 0.4) is 0 Å². The Morgan fingerprint density at radius 1 is 1.19 bits per heavy atom. The molecule has 0 radical (unpaired) electrons. The molecule has 0 aliphatic carbocycles.